The maximum Gasteiger partial charge on any atom is 0.0813 e. The molecule has 4 heteroatoms. The Morgan fingerprint density at radius 3 is 2.69 bits per heavy atom. The van der Waals surface area contributed by atoms with Gasteiger partial charge in [0, 0.05) is 29.3 Å². The first-order valence-electron chi connectivity index (χ1n) is 10.8. The van der Waals surface area contributed by atoms with Crippen LogP contribution in [0.1, 0.15) is 46.0 Å². The molecule has 4 nitrogen and oxygen atoms in total. The third-order valence-corrected chi connectivity index (χ3v) is 10.6. The Balaban J connectivity index is 1.61. The zero-order valence-electron chi connectivity index (χ0n) is 16.1. The van der Waals surface area contributed by atoms with Crippen LogP contribution in [0.25, 0.3) is 0 Å². The molecule has 1 saturated heterocycles. The van der Waals surface area contributed by atoms with Gasteiger partial charge >= 0.3 is 0 Å². The quantitative estimate of drug-likeness (QED) is 0.625. The molecule has 0 radical (unpaired) electrons. The maximum atomic E-state index is 11.5. The fourth-order valence-corrected chi connectivity index (χ4v) is 9.97. The van der Waals surface area contributed by atoms with E-state index in [2.05, 4.69) is 25.3 Å². The fraction of sp³-hybridized carbons (Fsp3) is 0.909. The lowest BCUT2D eigenvalue weighted by atomic mass is 9.43. The molecule has 2 spiro atoms. The summed E-state index contributed by atoms with van der Waals surface area (Å²) in [4.78, 5) is 2.65. The van der Waals surface area contributed by atoms with E-state index >= 15 is 0 Å². The molecule has 6 fully saturated rings. The number of fused-ring (bicyclic) bond motifs is 1. The van der Waals surface area contributed by atoms with Crippen molar-refractivity contribution in [1.82, 2.24) is 4.90 Å². The van der Waals surface area contributed by atoms with Crippen molar-refractivity contribution in [3.8, 4) is 0 Å². The van der Waals surface area contributed by atoms with Gasteiger partial charge in [0.2, 0.25) is 0 Å². The highest BCUT2D eigenvalue weighted by molar-refractivity contribution is 5.39. The lowest BCUT2D eigenvalue weighted by Crippen LogP contribution is -2.68. The first-order valence-corrected chi connectivity index (χ1v) is 10.8. The first-order chi connectivity index (χ1) is 12.3. The van der Waals surface area contributed by atoms with Crippen LogP contribution in [-0.2, 0) is 0 Å². The van der Waals surface area contributed by atoms with Crippen molar-refractivity contribution in [2.45, 2.75) is 70.3 Å². The van der Waals surface area contributed by atoms with Crippen molar-refractivity contribution in [2.24, 2.45) is 39.9 Å². The van der Waals surface area contributed by atoms with E-state index in [0.29, 0.717) is 17.9 Å². The van der Waals surface area contributed by atoms with Crippen LogP contribution in [0.3, 0.4) is 0 Å². The Kier molecular flexibility index (Phi) is 2.92. The molecular weight excluding hydrogens is 326 g/mol. The van der Waals surface area contributed by atoms with E-state index in [4.69, 9.17) is 0 Å². The summed E-state index contributed by atoms with van der Waals surface area (Å²) in [7, 11) is 0. The monoisotopic (exact) mass is 359 g/mol. The van der Waals surface area contributed by atoms with Crippen LogP contribution in [0.2, 0.25) is 0 Å². The predicted octanol–water partition coefficient (Wildman–Crippen LogP) is 1.79. The number of likely N-dealkylation sites (tertiary alicyclic amines) is 1. The smallest absolute Gasteiger partial charge is 0.0813 e. The zero-order chi connectivity index (χ0) is 18.2. The van der Waals surface area contributed by atoms with Crippen LogP contribution in [0.15, 0.2) is 12.2 Å². The molecule has 26 heavy (non-hydrogen) atoms. The molecule has 0 amide bonds. The summed E-state index contributed by atoms with van der Waals surface area (Å²) in [6.07, 6.45) is 3.58. The van der Waals surface area contributed by atoms with E-state index in [1.54, 1.807) is 0 Å². The van der Waals surface area contributed by atoms with Crippen LogP contribution >= 0.6 is 0 Å². The van der Waals surface area contributed by atoms with Crippen molar-refractivity contribution in [2.75, 3.05) is 13.1 Å². The molecule has 0 unspecified atom stereocenters. The van der Waals surface area contributed by atoms with E-state index in [0.717, 1.165) is 50.8 Å². The summed E-state index contributed by atoms with van der Waals surface area (Å²) in [5.41, 5.74) is 0.849. The molecule has 1 aliphatic heterocycles. The number of piperidine rings is 1. The lowest BCUT2D eigenvalue weighted by Gasteiger charge is -2.65. The minimum atomic E-state index is -0.500. The number of hydrogen-bond donors (Lipinski definition) is 3. The molecule has 6 aliphatic rings. The van der Waals surface area contributed by atoms with Gasteiger partial charge in [-0.1, -0.05) is 20.4 Å². The van der Waals surface area contributed by atoms with E-state index in [-0.39, 0.29) is 34.2 Å². The minimum Gasteiger partial charge on any atom is -0.392 e. The van der Waals surface area contributed by atoms with Gasteiger partial charge in [-0.3, -0.25) is 4.90 Å². The minimum absolute atomic E-state index is 0.0547. The lowest BCUT2D eigenvalue weighted by molar-refractivity contribution is -0.218. The number of hydrogen-bond acceptors (Lipinski definition) is 4. The summed E-state index contributed by atoms with van der Waals surface area (Å²) < 4.78 is 0. The maximum absolute atomic E-state index is 11.5. The Bertz CT molecular complexity index is 695. The molecule has 7 bridgehead atoms. The van der Waals surface area contributed by atoms with Crippen molar-refractivity contribution >= 4 is 0 Å². The molecule has 0 aromatic rings. The summed E-state index contributed by atoms with van der Waals surface area (Å²) in [5.74, 6) is 1.26. The topological polar surface area (TPSA) is 63.9 Å². The summed E-state index contributed by atoms with van der Waals surface area (Å²) in [6.45, 7) is 11.1. The summed E-state index contributed by atoms with van der Waals surface area (Å²) in [5, 5.41) is 33.8. The van der Waals surface area contributed by atoms with Gasteiger partial charge in [0.15, 0.2) is 0 Å². The second kappa shape index (κ2) is 4.59. The fourth-order valence-electron chi connectivity index (χ4n) is 9.97. The van der Waals surface area contributed by atoms with Gasteiger partial charge in [-0.15, -0.1) is 0 Å². The number of aliphatic hydroxyl groups is 3. The number of rotatable bonds is 1. The Morgan fingerprint density at radius 2 is 1.96 bits per heavy atom. The Labute approximate surface area is 156 Å². The normalized spacial score (nSPS) is 65.5. The first kappa shape index (κ1) is 16.5. The highest BCUT2D eigenvalue weighted by Crippen LogP contribution is 2.83. The summed E-state index contributed by atoms with van der Waals surface area (Å²) in [6, 6.07) is 0.373. The van der Waals surface area contributed by atoms with Crippen LogP contribution in [0.4, 0.5) is 0 Å². The molecule has 144 valence electrons. The van der Waals surface area contributed by atoms with Crippen molar-refractivity contribution in [1.29, 1.82) is 0 Å². The van der Waals surface area contributed by atoms with E-state index < -0.39 is 12.2 Å². The average Bonchev–Trinajstić information content (AvgIpc) is 3.14. The molecule has 0 aromatic heterocycles. The molecule has 5 saturated carbocycles. The highest BCUT2D eigenvalue weighted by Gasteiger charge is 2.85. The van der Waals surface area contributed by atoms with Crippen LogP contribution in [-0.4, -0.2) is 57.7 Å². The zero-order valence-corrected chi connectivity index (χ0v) is 16.1. The molecular formula is C22H33NO3. The van der Waals surface area contributed by atoms with Crippen LogP contribution in [0.5, 0.6) is 0 Å². The SMILES string of the molecule is C=C1[C@H]2C[C@]3([C@@H]1O)[C@@H](C[C@H]2O)[C@@]12[C@@H]4[C@@H]3C[C@H]1[C@@](C)(CC[C@@H]2O)CN4CC. The Morgan fingerprint density at radius 1 is 1.19 bits per heavy atom. The van der Waals surface area contributed by atoms with Crippen molar-refractivity contribution in [3.05, 3.63) is 12.2 Å². The standard InChI is InChI=1S/C22H33NO3/c1-4-23-10-20(3)6-5-17(25)22-15(20)7-13(18(22)23)21-9-12(11(2)19(21)26)14(24)8-16(21)22/h12-19,24-26H,2,4-10H2,1,3H3/t12-,13+,14-,15+,16-,17+,18+,19-,20+,21-,22+/m1/s1. The predicted molar refractivity (Wildman–Crippen MR) is 98.2 cm³/mol. The largest absolute Gasteiger partial charge is 0.392 e. The van der Waals surface area contributed by atoms with Gasteiger partial charge in [-0.2, -0.15) is 0 Å². The highest BCUT2D eigenvalue weighted by atomic mass is 16.3. The van der Waals surface area contributed by atoms with E-state index in [1.165, 1.54) is 0 Å². The number of nitrogens with zero attached hydrogens (tertiary/aromatic N) is 1. The molecule has 3 N–H and O–H groups in total. The third kappa shape index (κ3) is 1.37. The van der Waals surface area contributed by atoms with E-state index in [9.17, 15) is 15.3 Å². The van der Waals surface area contributed by atoms with Gasteiger partial charge < -0.3 is 15.3 Å². The number of aliphatic hydroxyl groups excluding tert-OH is 3. The van der Waals surface area contributed by atoms with E-state index in [1.807, 2.05) is 0 Å². The summed E-state index contributed by atoms with van der Waals surface area (Å²) >= 11 is 0. The molecule has 0 aromatic carbocycles. The van der Waals surface area contributed by atoms with Crippen molar-refractivity contribution in [3.63, 3.8) is 0 Å². The van der Waals surface area contributed by atoms with Crippen LogP contribution < -0.4 is 0 Å². The van der Waals surface area contributed by atoms with Crippen LogP contribution in [0, 0.1) is 39.9 Å². The van der Waals surface area contributed by atoms with Gasteiger partial charge in [0.1, 0.15) is 0 Å². The van der Waals surface area contributed by atoms with Gasteiger partial charge in [-0.05, 0) is 67.4 Å². The molecule has 5 aliphatic carbocycles. The Hall–Kier alpha value is -0.420. The average molecular weight is 360 g/mol. The molecule has 1 heterocycles. The molecule has 11 atom stereocenters. The second-order valence-corrected chi connectivity index (χ2v) is 10.9. The second-order valence-electron chi connectivity index (χ2n) is 10.9. The van der Waals surface area contributed by atoms with Gasteiger partial charge in [0.05, 0.1) is 18.3 Å². The van der Waals surface area contributed by atoms with Gasteiger partial charge in [0.25, 0.3) is 0 Å². The van der Waals surface area contributed by atoms with Gasteiger partial charge in [-0.25, -0.2) is 0 Å². The molecule has 6 rings (SSSR count). The third-order valence-electron chi connectivity index (χ3n) is 10.6. The van der Waals surface area contributed by atoms with Crippen molar-refractivity contribution < 1.29 is 15.3 Å².